The summed E-state index contributed by atoms with van der Waals surface area (Å²) in [5.41, 5.74) is 0.483. The standard InChI is InChI=1S/C14H23N3O3S2/c1-15-22(20,17(2)3)14-8-6-13(7-9-14)16-21(18,19)11-10-12-4-5-12/h6-9,12,16H,4-5,10-11H2,1-3H3. The molecule has 1 aliphatic rings. The molecule has 2 rings (SSSR count). The van der Waals surface area contributed by atoms with Crippen molar-refractivity contribution in [2.24, 2.45) is 10.3 Å². The van der Waals surface area contributed by atoms with Crippen molar-refractivity contribution in [1.82, 2.24) is 4.31 Å². The van der Waals surface area contributed by atoms with E-state index in [0.29, 0.717) is 16.5 Å². The van der Waals surface area contributed by atoms with Crippen molar-refractivity contribution in [2.45, 2.75) is 24.2 Å². The summed E-state index contributed by atoms with van der Waals surface area (Å²) in [4.78, 5) is 0.556. The van der Waals surface area contributed by atoms with E-state index in [4.69, 9.17) is 0 Å². The second-order valence-corrected chi connectivity index (χ2v) is 10.1. The minimum atomic E-state index is -3.32. The minimum absolute atomic E-state index is 0.151. The summed E-state index contributed by atoms with van der Waals surface area (Å²) in [5.74, 6) is 0.730. The van der Waals surface area contributed by atoms with Crippen LogP contribution < -0.4 is 4.72 Å². The first-order valence-electron chi connectivity index (χ1n) is 7.20. The van der Waals surface area contributed by atoms with Crippen LogP contribution in [0.1, 0.15) is 19.3 Å². The fraction of sp³-hybridized carbons (Fsp3) is 0.571. The molecule has 0 aromatic heterocycles. The van der Waals surface area contributed by atoms with Crippen molar-refractivity contribution in [3.05, 3.63) is 24.3 Å². The van der Waals surface area contributed by atoms with E-state index in [2.05, 4.69) is 9.08 Å². The molecule has 1 unspecified atom stereocenters. The third kappa shape index (κ3) is 4.21. The monoisotopic (exact) mass is 345 g/mol. The topological polar surface area (TPSA) is 78.8 Å². The summed E-state index contributed by atoms with van der Waals surface area (Å²) >= 11 is 0. The molecule has 0 radical (unpaired) electrons. The molecule has 0 bridgehead atoms. The number of nitrogens with zero attached hydrogens (tertiary/aromatic N) is 2. The maximum Gasteiger partial charge on any atom is 0.232 e. The van der Waals surface area contributed by atoms with E-state index in [-0.39, 0.29) is 5.75 Å². The van der Waals surface area contributed by atoms with E-state index >= 15 is 0 Å². The van der Waals surface area contributed by atoms with Crippen LogP contribution in [0.4, 0.5) is 5.69 Å². The Balaban J connectivity index is 2.10. The molecule has 1 fully saturated rings. The van der Waals surface area contributed by atoms with Gasteiger partial charge in [-0.05, 0) is 36.6 Å². The summed E-state index contributed by atoms with van der Waals surface area (Å²) in [6.07, 6.45) is 3.00. The SMILES string of the molecule is CN=S(=O)(c1ccc(NS(=O)(=O)CCC2CC2)cc1)N(C)C. The fourth-order valence-electron chi connectivity index (χ4n) is 2.14. The highest BCUT2D eigenvalue weighted by molar-refractivity contribution is 7.92. The number of nitrogens with one attached hydrogen (secondary N) is 1. The number of hydrogen-bond donors (Lipinski definition) is 1. The molecule has 6 nitrogen and oxygen atoms in total. The van der Waals surface area contributed by atoms with Crippen molar-refractivity contribution < 1.29 is 12.6 Å². The van der Waals surface area contributed by atoms with Crippen LogP contribution in [-0.2, 0) is 19.9 Å². The number of anilines is 1. The molecule has 8 heteroatoms. The quantitative estimate of drug-likeness (QED) is 0.822. The van der Waals surface area contributed by atoms with Crippen molar-refractivity contribution >= 4 is 25.6 Å². The van der Waals surface area contributed by atoms with Gasteiger partial charge < -0.3 is 0 Å². The van der Waals surface area contributed by atoms with Gasteiger partial charge in [-0.25, -0.2) is 21.3 Å². The highest BCUT2D eigenvalue weighted by atomic mass is 32.2. The first-order valence-corrected chi connectivity index (χ1v) is 10.3. The van der Waals surface area contributed by atoms with Gasteiger partial charge in [0, 0.05) is 26.8 Å². The third-order valence-electron chi connectivity index (χ3n) is 3.67. The van der Waals surface area contributed by atoms with Gasteiger partial charge in [0.1, 0.15) is 9.92 Å². The predicted octanol–water partition coefficient (Wildman–Crippen LogP) is 2.16. The van der Waals surface area contributed by atoms with Gasteiger partial charge >= 0.3 is 0 Å². The molecule has 1 aromatic carbocycles. The van der Waals surface area contributed by atoms with Gasteiger partial charge in [0.25, 0.3) is 0 Å². The molecule has 1 saturated carbocycles. The number of benzene rings is 1. The van der Waals surface area contributed by atoms with E-state index in [0.717, 1.165) is 19.3 Å². The molecule has 1 N–H and O–H groups in total. The smallest absolute Gasteiger partial charge is 0.232 e. The van der Waals surface area contributed by atoms with E-state index in [1.54, 1.807) is 42.7 Å². The van der Waals surface area contributed by atoms with E-state index in [1.807, 2.05) is 0 Å². The average Bonchev–Trinajstić information content (AvgIpc) is 3.29. The molecule has 0 amide bonds. The summed E-state index contributed by atoms with van der Waals surface area (Å²) < 4.78 is 44.7. The molecular weight excluding hydrogens is 322 g/mol. The van der Waals surface area contributed by atoms with Crippen molar-refractivity contribution in [2.75, 3.05) is 31.6 Å². The first kappa shape index (κ1) is 17.2. The maximum atomic E-state index is 12.7. The van der Waals surface area contributed by atoms with Crippen LogP contribution >= 0.6 is 0 Å². The molecule has 1 aromatic rings. The molecule has 0 spiro atoms. The molecule has 0 aliphatic heterocycles. The Bertz CT molecular complexity index is 729. The van der Waals surface area contributed by atoms with Gasteiger partial charge in [-0.3, -0.25) is 4.72 Å². The summed E-state index contributed by atoms with van der Waals surface area (Å²) in [7, 11) is -1.02. The van der Waals surface area contributed by atoms with E-state index < -0.39 is 19.9 Å². The second kappa shape index (κ2) is 6.55. The highest BCUT2D eigenvalue weighted by Crippen LogP contribution is 2.32. The second-order valence-electron chi connectivity index (χ2n) is 5.67. The van der Waals surface area contributed by atoms with E-state index in [1.165, 1.54) is 7.05 Å². The third-order valence-corrected chi connectivity index (χ3v) is 7.36. The van der Waals surface area contributed by atoms with Crippen molar-refractivity contribution in [1.29, 1.82) is 0 Å². The zero-order valence-corrected chi connectivity index (χ0v) is 14.8. The van der Waals surface area contributed by atoms with Crippen LogP contribution in [0, 0.1) is 5.92 Å². The largest absolute Gasteiger partial charge is 0.284 e. The fourth-order valence-corrected chi connectivity index (χ4v) is 4.83. The molecule has 1 aliphatic carbocycles. The lowest BCUT2D eigenvalue weighted by atomic mass is 10.3. The van der Waals surface area contributed by atoms with Crippen LogP contribution in [0.25, 0.3) is 0 Å². The number of hydrogen-bond acceptors (Lipinski definition) is 4. The van der Waals surface area contributed by atoms with Crippen LogP contribution in [0.2, 0.25) is 0 Å². The molecule has 1 atom stereocenters. The van der Waals surface area contributed by atoms with Crippen LogP contribution in [-0.4, -0.2) is 43.8 Å². The average molecular weight is 345 g/mol. The van der Waals surface area contributed by atoms with Gasteiger partial charge in [0.05, 0.1) is 10.6 Å². The van der Waals surface area contributed by atoms with Gasteiger partial charge in [-0.15, -0.1) is 0 Å². The Morgan fingerprint density at radius 1 is 1.18 bits per heavy atom. The highest BCUT2D eigenvalue weighted by Gasteiger charge is 2.24. The summed E-state index contributed by atoms with van der Waals surface area (Å²) in [6, 6.07) is 6.54. The molecule has 22 heavy (non-hydrogen) atoms. The van der Waals surface area contributed by atoms with Crippen LogP contribution in [0.15, 0.2) is 33.5 Å². The lowest BCUT2D eigenvalue weighted by Crippen LogP contribution is -2.22. The number of rotatable bonds is 7. The predicted molar refractivity (Wildman–Crippen MR) is 89.6 cm³/mol. The van der Waals surface area contributed by atoms with Gasteiger partial charge in [-0.2, -0.15) is 0 Å². The molecule has 124 valence electrons. The minimum Gasteiger partial charge on any atom is -0.284 e. The van der Waals surface area contributed by atoms with E-state index in [9.17, 15) is 12.6 Å². The first-order chi connectivity index (χ1) is 10.3. The Morgan fingerprint density at radius 2 is 1.77 bits per heavy atom. The lowest BCUT2D eigenvalue weighted by molar-refractivity contribution is 0.591. The normalized spacial score (nSPS) is 18.0. The molecule has 0 saturated heterocycles. The Hall–Kier alpha value is -1.12. The zero-order chi connectivity index (χ0) is 16.4. The molecular formula is C14H23N3O3S2. The maximum absolute atomic E-state index is 12.7. The Morgan fingerprint density at radius 3 is 2.23 bits per heavy atom. The van der Waals surface area contributed by atoms with Crippen molar-refractivity contribution in [3.63, 3.8) is 0 Å². The lowest BCUT2D eigenvalue weighted by Gasteiger charge is -2.17. The summed E-state index contributed by atoms with van der Waals surface area (Å²) in [5, 5.41) is 0. The van der Waals surface area contributed by atoms with Crippen LogP contribution in [0.3, 0.4) is 0 Å². The zero-order valence-electron chi connectivity index (χ0n) is 13.2. The Labute approximate surface area is 133 Å². The van der Waals surface area contributed by atoms with Gasteiger partial charge in [0.2, 0.25) is 10.0 Å². The van der Waals surface area contributed by atoms with Crippen molar-refractivity contribution in [3.8, 4) is 0 Å². The Kier molecular flexibility index (Phi) is 5.14. The van der Waals surface area contributed by atoms with Gasteiger partial charge in [0.15, 0.2) is 0 Å². The molecule has 0 heterocycles. The van der Waals surface area contributed by atoms with Gasteiger partial charge in [-0.1, -0.05) is 12.8 Å². The summed E-state index contributed by atoms with van der Waals surface area (Å²) in [6.45, 7) is 0. The van der Waals surface area contributed by atoms with Crippen LogP contribution in [0.5, 0.6) is 0 Å². The number of sulfonamides is 1.